The lowest BCUT2D eigenvalue weighted by molar-refractivity contribution is -0.145. The molecule has 5 N–H and O–H groups in total. The van der Waals surface area contributed by atoms with Gasteiger partial charge in [0.25, 0.3) is 5.91 Å². The van der Waals surface area contributed by atoms with Gasteiger partial charge in [-0.1, -0.05) is 54.5 Å². The number of esters is 1. The maximum absolute atomic E-state index is 14.5. The molecule has 2 aliphatic rings. The van der Waals surface area contributed by atoms with E-state index in [4.69, 9.17) is 9.84 Å². The number of benzene rings is 1. The first-order valence-electron chi connectivity index (χ1n) is 16.5. The molecule has 0 bridgehead atoms. The Balaban J connectivity index is 1.37. The zero-order valence-electron chi connectivity index (χ0n) is 27.2. The van der Waals surface area contributed by atoms with Crippen molar-refractivity contribution >= 4 is 41.4 Å². The van der Waals surface area contributed by atoms with Gasteiger partial charge in [0.1, 0.15) is 30.6 Å². The minimum atomic E-state index is -1.33. The quantitative estimate of drug-likeness (QED) is 0.131. The number of carbonyl (C=O) groups excluding carboxylic acids is 5. The number of pyridine rings is 1. The summed E-state index contributed by atoms with van der Waals surface area (Å²) in [5.74, 6) is -4.01. The third-order valence-corrected chi connectivity index (χ3v) is 8.70. The molecule has 1 aromatic carbocycles. The number of anilines is 1. The molecule has 17 nitrogen and oxygen atoms in total. The fraction of sp³-hybridized carbons (Fsp3) is 0.455. The molecule has 0 spiro atoms. The van der Waals surface area contributed by atoms with Crippen LogP contribution in [-0.2, 0) is 53.1 Å². The van der Waals surface area contributed by atoms with Crippen LogP contribution in [0.3, 0.4) is 0 Å². The molecule has 264 valence electrons. The zero-order valence-corrected chi connectivity index (χ0v) is 27.2. The van der Waals surface area contributed by atoms with E-state index < -0.39 is 60.1 Å². The molecule has 2 aromatic heterocycles. The Morgan fingerprint density at radius 3 is 2.48 bits per heavy atom. The van der Waals surface area contributed by atoms with E-state index in [2.05, 4.69) is 41.6 Å². The molecular weight excluding hydrogens is 650 g/mol. The Morgan fingerprint density at radius 1 is 0.980 bits per heavy atom. The van der Waals surface area contributed by atoms with Crippen molar-refractivity contribution in [2.75, 3.05) is 4.90 Å². The Bertz CT molecular complexity index is 1660. The molecule has 1 saturated carbocycles. The topological polar surface area (TPSA) is 239 Å². The summed E-state index contributed by atoms with van der Waals surface area (Å²) >= 11 is 0. The van der Waals surface area contributed by atoms with Crippen LogP contribution in [0, 0.1) is 5.92 Å². The number of nitrogens with one attached hydrogen (secondary N) is 4. The number of H-pyrrole nitrogens is 1. The van der Waals surface area contributed by atoms with Crippen molar-refractivity contribution in [3.8, 4) is 0 Å². The van der Waals surface area contributed by atoms with Crippen molar-refractivity contribution in [3.05, 3.63) is 65.6 Å². The van der Waals surface area contributed by atoms with Crippen LogP contribution in [0.4, 0.5) is 5.82 Å². The van der Waals surface area contributed by atoms with E-state index in [0.717, 1.165) is 18.4 Å². The van der Waals surface area contributed by atoms with E-state index in [9.17, 15) is 28.8 Å². The zero-order chi connectivity index (χ0) is 35.5. The van der Waals surface area contributed by atoms with Crippen LogP contribution in [0.25, 0.3) is 0 Å². The first-order valence-corrected chi connectivity index (χ1v) is 16.5. The number of amides is 4. The van der Waals surface area contributed by atoms with E-state index in [1.807, 2.05) is 18.2 Å². The number of hydrogen-bond donors (Lipinski definition) is 5. The third-order valence-electron chi connectivity index (χ3n) is 8.70. The average Bonchev–Trinajstić information content (AvgIpc) is 3.91. The second kappa shape index (κ2) is 17.1. The highest BCUT2D eigenvalue weighted by Crippen LogP contribution is 2.32. The average molecular weight is 690 g/mol. The smallest absolute Gasteiger partial charge is 0.306 e. The van der Waals surface area contributed by atoms with Gasteiger partial charge in [-0.3, -0.25) is 33.7 Å². The molecule has 5 rings (SSSR count). The van der Waals surface area contributed by atoms with Gasteiger partial charge >= 0.3 is 11.9 Å². The first kappa shape index (κ1) is 35.6. The number of rotatable bonds is 16. The molecule has 1 aliphatic heterocycles. The summed E-state index contributed by atoms with van der Waals surface area (Å²) in [5, 5.41) is 30.6. The van der Waals surface area contributed by atoms with E-state index in [1.165, 1.54) is 11.1 Å². The lowest BCUT2D eigenvalue weighted by atomic mass is 9.96. The fourth-order valence-electron chi connectivity index (χ4n) is 6.18. The van der Waals surface area contributed by atoms with Gasteiger partial charge in [0.2, 0.25) is 17.7 Å². The number of ether oxygens (including phenoxy) is 1. The number of hydrogen-bond acceptors (Lipinski definition) is 11. The summed E-state index contributed by atoms with van der Waals surface area (Å²) in [6.07, 6.45) is 3.43. The highest BCUT2D eigenvalue weighted by Gasteiger charge is 2.43. The molecular formula is C33H39N9O8. The van der Waals surface area contributed by atoms with Crippen molar-refractivity contribution in [3.63, 3.8) is 0 Å². The SMILES string of the molecule is O=C(O)CCC(=O)N[C@H](C(=O)NC(CCC(=O)OCc1ccccc1)C(=O)N1c2ncccc2CC1C(=O)NCc1nn[nH]n1)C1CCCC1. The van der Waals surface area contributed by atoms with Crippen molar-refractivity contribution < 1.29 is 38.6 Å². The Hall–Kier alpha value is -5.74. The summed E-state index contributed by atoms with van der Waals surface area (Å²) in [6, 6.07) is 9.06. The summed E-state index contributed by atoms with van der Waals surface area (Å²) in [7, 11) is 0. The van der Waals surface area contributed by atoms with Gasteiger partial charge in [-0.15, -0.1) is 10.2 Å². The predicted molar refractivity (Wildman–Crippen MR) is 173 cm³/mol. The molecule has 17 heteroatoms. The van der Waals surface area contributed by atoms with Crippen LogP contribution in [0.2, 0.25) is 0 Å². The number of nitrogens with zero attached hydrogens (tertiary/aromatic N) is 5. The normalized spacial score (nSPS) is 16.6. The Labute approximate surface area is 286 Å². The van der Waals surface area contributed by atoms with Crippen LogP contribution in [0.5, 0.6) is 0 Å². The maximum Gasteiger partial charge on any atom is 0.306 e. The van der Waals surface area contributed by atoms with Gasteiger partial charge in [0.05, 0.1) is 13.0 Å². The Kier molecular flexibility index (Phi) is 12.1. The summed E-state index contributed by atoms with van der Waals surface area (Å²) < 4.78 is 5.42. The van der Waals surface area contributed by atoms with Crippen LogP contribution in [-0.4, -0.2) is 84.4 Å². The number of tetrazole rings is 1. The number of fused-ring (bicyclic) bond motifs is 1. The minimum absolute atomic E-state index is 0.0167. The monoisotopic (exact) mass is 689 g/mol. The molecule has 1 fully saturated rings. The maximum atomic E-state index is 14.5. The third kappa shape index (κ3) is 9.45. The van der Waals surface area contributed by atoms with Gasteiger partial charge in [0, 0.05) is 25.5 Å². The van der Waals surface area contributed by atoms with Crippen LogP contribution >= 0.6 is 0 Å². The highest BCUT2D eigenvalue weighted by molar-refractivity contribution is 6.06. The molecule has 3 atom stereocenters. The minimum Gasteiger partial charge on any atom is -0.481 e. The van der Waals surface area contributed by atoms with Gasteiger partial charge in [-0.2, -0.15) is 5.21 Å². The second-order valence-corrected chi connectivity index (χ2v) is 12.2. The fourth-order valence-corrected chi connectivity index (χ4v) is 6.18. The molecule has 3 heterocycles. The molecule has 0 saturated heterocycles. The molecule has 50 heavy (non-hydrogen) atoms. The van der Waals surface area contributed by atoms with Crippen molar-refractivity contribution in [1.82, 2.24) is 41.6 Å². The van der Waals surface area contributed by atoms with Crippen LogP contribution in [0.1, 0.15) is 68.3 Å². The van der Waals surface area contributed by atoms with Crippen molar-refractivity contribution in [2.24, 2.45) is 5.92 Å². The van der Waals surface area contributed by atoms with Gasteiger partial charge in [-0.05, 0) is 42.4 Å². The predicted octanol–water partition coefficient (Wildman–Crippen LogP) is 0.717. The highest BCUT2D eigenvalue weighted by atomic mass is 16.5. The van der Waals surface area contributed by atoms with Gasteiger partial charge < -0.3 is 25.8 Å². The van der Waals surface area contributed by atoms with Crippen molar-refractivity contribution in [2.45, 2.75) is 89.1 Å². The van der Waals surface area contributed by atoms with E-state index in [1.54, 1.807) is 24.3 Å². The summed E-state index contributed by atoms with van der Waals surface area (Å²) in [6.45, 7) is -0.0431. The number of aromatic nitrogens is 5. The van der Waals surface area contributed by atoms with Gasteiger partial charge in [0.15, 0.2) is 5.82 Å². The van der Waals surface area contributed by atoms with E-state index in [-0.39, 0.29) is 56.4 Å². The van der Waals surface area contributed by atoms with Crippen LogP contribution < -0.4 is 20.9 Å². The number of carboxylic acid groups (broad SMARTS) is 1. The number of aliphatic carboxylic acids is 1. The number of carboxylic acids is 1. The summed E-state index contributed by atoms with van der Waals surface area (Å²) in [4.78, 5) is 84.1. The van der Waals surface area contributed by atoms with E-state index >= 15 is 0 Å². The molecule has 0 radical (unpaired) electrons. The first-order chi connectivity index (χ1) is 24.2. The standard InChI is InChI=1S/C33H39N9O8/c43-26(13-14-27(44)45)37-29(21-9-4-5-10-21)32(48)36-23(12-15-28(46)50-19-20-7-2-1-3-8-20)33(49)42-24(17-22-11-6-16-34-30(22)42)31(47)35-18-25-38-40-41-39-25/h1-3,6-8,11,16,21,23-24,29H,4-5,9-10,12-15,17-19H2,(H,35,47)(H,36,48)(H,37,43)(H,44,45)(H,38,39,40,41)/t23?,24?,29-/m0/s1. The number of carbonyl (C=O) groups is 6. The molecule has 1 aliphatic carbocycles. The summed E-state index contributed by atoms with van der Waals surface area (Å²) in [5.41, 5.74) is 1.40. The lowest BCUT2D eigenvalue weighted by Gasteiger charge is -2.30. The molecule has 3 aromatic rings. The molecule has 4 amide bonds. The van der Waals surface area contributed by atoms with Crippen molar-refractivity contribution in [1.29, 1.82) is 0 Å². The Morgan fingerprint density at radius 2 is 1.76 bits per heavy atom. The van der Waals surface area contributed by atoms with E-state index in [0.29, 0.717) is 18.4 Å². The largest absolute Gasteiger partial charge is 0.481 e. The second-order valence-electron chi connectivity index (χ2n) is 12.2. The lowest BCUT2D eigenvalue weighted by Crippen LogP contribution is -2.58. The van der Waals surface area contributed by atoms with Crippen LogP contribution in [0.15, 0.2) is 48.7 Å². The van der Waals surface area contributed by atoms with Gasteiger partial charge in [-0.25, -0.2) is 4.98 Å². The molecule has 2 unspecified atom stereocenters. The number of aromatic amines is 1.